The molecule has 2 rings (SSSR count). The van der Waals surface area contributed by atoms with E-state index in [2.05, 4.69) is 31.6 Å². The van der Waals surface area contributed by atoms with Crippen LogP contribution in [0.2, 0.25) is 0 Å². The van der Waals surface area contributed by atoms with Crippen LogP contribution in [0.4, 0.5) is 5.69 Å². The van der Waals surface area contributed by atoms with Crippen LogP contribution in [0.5, 0.6) is 0 Å². The molecule has 0 aliphatic rings. The number of hydrogen-bond donors (Lipinski definition) is 2. The third kappa shape index (κ3) is 3.78. The zero-order valence-corrected chi connectivity index (χ0v) is 11.8. The first kappa shape index (κ1) is 13.5. The lowest BCUT2D eigenvalue weighted by Gasteiger charge is -2.06. The Kier molecular flexibility index (Phi) is 4.51. The van der Waals surface area contributed by atoms with E-state index in [1.807, 2.05) is 0 Å². The van der Waals surface area contributed by atoms with Crippen molar-refractivity contribution in [1.82, 2.24) is 20.3 Å². The van der Waals surface area contributed by atoms with Crippen molar-refractivity contribution >= 4 is 27.5 Å². The highest BCUT2D eigenvalue weighted by Gasteiger charge is 2.06. The van der Waals surface area contributed by atoms with E-state index in [0.29, 0.717) is 17.8 Å². The van der Waals surface area contributed by atoms with Crippen LogP contribution in [0.1, 0.15) is 16.8 Å². The van der Waals surface area contributed by atoms with E-state index in [0.717, 1.165) is 17.4 Å². The maximum atomic E-state index is 11.9. The van der Waals surface area contributed by atoms with Gasteiger partial charge in [-0.1, -0.05) is 5.21 Å². The quantitative estimate of drug-likeness (QED) is 0.644. The fourth-order valence-electron chi connectivity index (χ4n) is 1.57. The summed E-state index contributed by atoms with van der Waals surface area (Å²) in [4.78, 5) is 11.9. The summed E-state index contributed by atoms with van der Waals surface area (Å²) in [6, 6.07) is 5.11. The van der Waals surface area contributed by atoms with Gasteiger partial charge in [0.05, 0.1) is 6.20 Å². The average Bonchev–Trinajstić information content (AvgIpc) is 2.91. The Morgan fingerprint density at radius 1 is 1.47 bits per heavy atom. The predicted molar refractivity (Wildman–Crippen MR) is 75.5 cm³/mol. The van der Waals surface area contributed by atoms with Gasteiger partial charge in [-0.25, -0.2) is 0 Å². The molecule has 0 bridgehead atoms. The number of anilines is 1. The van der Waals surface area contributed by atoms with Crippen molar-refractivity contribution in [1.29, 1.82) is 0 Å². The molecule has 100 valence electrons. The molecule has 2 aromatic rings. The topological polar surface area (TPSA) is 85.8 Å². The Morgan fingerprint density at radius 3 is 3.00 bits per heavy atom. The predicted octanol–water partition coefficient (Wildman–Crippen LogP) is 1.44. The minimum atomic E-state index is -0.112. The summed E-state index contributed by atoms with van der Waals surface area (Å²) in [5.74, 6) is -0.112. The molecule has 0 spiro atoms. The van der Waals surface area contributed by atoms with Crippen molar-refractivity contribution in [2.45, 2.75) is 13.0 Å². The second kappa shape index (κ2) is 6.33. The zero-order chi connectivity index (χ0) is 13.7. The van der Waals surface area contributed by atoms with Crippen molar-refractivity contribution in [3.8, 4) is 0 Å². The molecule has 0 fully saturated rings. The molecule has 0 aliphatic heterocycles. The highest BCUT2D eigenvalue weighted by atomic mass is 79.9. The lowest BCUT2D eigenvalue weighted by Crippen LogP contribution is -2.25. The number of carbonyl (C=O) groups is 1. The van der Waals surface area contributed by atoms with Crippen LogP contribution in [-0.2, 0) is 6.54 Å². The Morgan fingerprint density at radius 2 is 2.32 bits per heavy atom. The standard InChI is InChI=1S/C12H14BrN5O/c13-10-8-9(2-3-11(10)14)12(19)15-4-1-6-18-7-5-16-17-18/h2-3,5,7-8H,1,4,6,14H2,(H,15,19). The summed E-state index contributed by atoms with van der Waals surface area (Å²) in [5, 5.41) is 10.4. The Hall–Kier alpha value is -1.89. The monoisotopic (exact) mass is 323 g/mol. The van der Waals surface area contributed by atoms with Crippen molar-refractivity contribution in [2.75, 3.05) is 12.3 Å². The van der Waals surface area contributed by atoms with Gasteiger partial charge in [0.25, 0.3) is 5.91 Å². The fraction of sp³-hybridized carbons (Fsp3) is 0.250. The molecule has 3 N–H and O–H groups in total. The highest BCUT2D eigenvalue weighted by molar-refractivity contribution is 9.10. The number of nitrogens with one attached hydrogen (secondary N) is 1. The van der Waals surface area contributed by atoms with Crippen LogP contribution in [0, 0.1) is 0 Å². The lowest BCUT2D eigenvalue weighted by atomic mass is 10.2. The number of benzene rings is 1. The van der Waals surface area contributed by atoms with Crippen LogP contribution in [0.15, 0.2) is 35.1 Å². The fourth-order valence-corrected chi connectivity index (χ4v) is 1.94. The lowest BCUT2D eigenvalue weighted by molar-refractivity contribution is 0.0952. The van der Waals surface area contributed by atoms with Gasteiger partial charge in [0, 0.05) is 35.0 Å². The number of halogens is 1. The van der Waals surface area contributed by atoms with Crippen LogP contribution in [0.25, 0.3) is 0 Å². The molecule has 0 radical (unpaired) electrons. The van der Waals surface area contributed by atoms with E-state index in [-0.39, 0.29) is 5.91 Å². The smallest absolute Gasteiger partial charge is 0.251 e. The zero-order valence-electron chi connectivity index (χ0n) is 10.2. The van der Waals surface area contributed by atoms with Crippen LogP contribution < -0.4 is 11.1 Å². The van der Waals surface area contributed by atoms with Gasteiger partial charge < -0.3 is 11.1 Å². The normalized spacial score (nSPS) is 10.4. The summed E-state index contributed by atoms with van der Waals surface area (Å²) in [5.41, 5.74) is 6.87. The van der Waals surface area contributed by atoms with Crippen LogP contribution >= 0.6 is 15.9 Å². The minimum Gasteiger partial charge on any atom is -0.398 e. The second-order valence-corrected chi connectivity index (χ2v) is 4.87. The Bertz CT molecular complexity index is 555. The molecule has 6 nitrogen and oxygen atoms in total. The molecule has 0 aliphatic carbocycles. The number of carbonyl (C=O) groups excluding carboxylic acids is 1. The third-order valence-corrected chi connectivity index (χ3v) is 3.27. The van der Waals surface area contributed by atoms with Gasteiger partial charge in [0.15, 0.2) is 0 Å². The van der Waals surface area contributed by atoms with E-state index in [9.17, 15) is 4.79 Å². The molecule has 0 unspecified atom stereocenters. The first-order valence-corrected chi connectivity index (χ1v) is 6.63. The number of nitrogen functional groups attached to an aromatic ring is 1. The second-order valence-electron chi connectivity index (χ2n) is 4.01. The van der Waals surface area contributed by atoms with Gasteiger partial charge in [0.1, 0.15) is 0 Å². The molecule has 0 saturated carbocycles. The molecule has 1 amide bonds. The van der Waals surface area contributed by atoms with E-state index in [4.69, 9.17) is 5.73 Å². The Labute approximate surface area is 119 Å². The highest BCUT2D eigenvalue weighted by Crippen LogP contribution is 2.20. The Balaban J connectivity index is 1.79. The SMILES string of the molecule is Nc1ccc(C(=O)NCCCn2ccnn2)cc1Br. The van der Waals surface area contributed by atoms with E-state index in [1.54, 1.807) is 35.3 Å². The summed E-state index contributed by atoms with van der Waals surface area (Å²) in [7, 11) is 0. The summed E-state index contributed by atoms with van der Waals surface area (Å²) in [6.07, 6.45) is 4.22. The number of nitrogens with zero attached hydrogens (tertiary/aromatic N) is 3. The van der Waals surface area contributed by atoms with Crippen molar-refractivity contribution in [3.63, 3.8) is 0 Å². The van der Waals surface area contributed by atoms with Crippen molar-refractivity contribution < 1.29 is 4.79 Å². The van der Waals surface area contributed by atoms with Gasteiger partial charge in [-0.15, -0.1) is 5.10 Å². The molecule has 1 heterocycles. The van der Waals surface area contributed by atoms with Gasteiger partial charge in [0.2, 0.25) is 0 Å². The number of aryl methyl sites for hydroxylation is 1. The molecular formula is C12H14BrN5O. The molecule has 7 heteroatoms. The largest absolute Gasteiger partial charge is 0.398 e. The summed E-state index contributed by atoms with van der Waals surface area (Å²) >= 11 is 3.30. The maximum absolute atomic E-state index is 11.9. The van der Waals surface area contributed by atoms with Gasteiger partial charge in [-0.2, -0.15) is 0 Å². The first-order chi connectivity index (χ1) is 9.16. The van der Waals surface area contributed by atoms with E-state index in [1.165, 1.54) is 0 Å². The number of rotatable bonds is 5. The molecule has 0 atom stereocenters. The number of aromatic nitrogens is 3. The van der Waals surface area contributed by atoms with Gasteiger partial charge in [-0.05, 0) is 40.5 Å². The minimum absolute atomic E-state index is 0.112. The number of nitrogens with two attached hydrogens (primary N) is 1. The first-order valence-electron chi connectivity index (χ1n) is 5.84. The van der Waals surface area contributed by atoms with Crippen molar-refractivity contribution in [2.24, 2.45) is 0 Å². The van der Waals surface area contributed by atoms with E-state index < -0.39 is 0 Å². The molecule has 19 heavy (non-hydrogen) atoms. The van der Waals surface area contributed by atoms with Gasteiger partial charge >= 0.3 is 0 Å². The molecule has 0 saturated heterocycles. The maximum Gasteiger partial charge on any atom is 0.251 e. The van der Waals surface area contributed by atoms with Gasteiger partial charge in [-0.3, -0.25) is 9.48 Å². The molecular weight excluding hydrogens is 310 g/mol. The van der Waals surface area contributed by atoms with Crippen LogP contribution in [0.3, 0.4) is 0 Å². The average molecular weight is 324 g/mol. The summed E-state index contributed by atoms with van der Waals surface area (Å²) in [6.45, 7) is 1.31. The van der Waals surface area contributed by atoms with E-state index >= 15 is 0 Å². The number of hydrogen-bond acceptors (Lipinski definition) is 4. The summed E-state index contributed by atoms with van der Waals surface area (Å²) < 4.78 is 2.45. The van der Waals surface area contributed by atoms with Crippen LogP contribution in [-0.4, -0.2) is 27.4 Å². The third-order valence-electron chi connectivity index (χ3n) is 2.58. The number of amides is 1. The van der Waals surface area contributed by atoms with Crippen molar-refractivity contribution in [3.05, 3.63) is 40.6 Å². The molecule has 1 aromatic carbocycles. The molecule has 1 aromatic heterocycles.